The molecule has 24 heavy (non-hydrogen) atoms. The van der Waals surface area contributed by atoms with E-state index in [9.17, 15) is 9.59 Å². The predicted molar refractivity (Wildman–Crippen MR) is 89.1 cm³/mol. The van der Waals surface area contributed by atoms with Crippen LogP contribution in [0.5, 0.6) is 0 Å². The minimum Gasteiger partial charge on any atom is -0.376 e. The van der Waals surface area contributed by atoms with E-state index < -0.39 is 0 Å². The van der Waals surface area contributed by atoms with E-state index in [0.29, 0.717) is 32.5 Å². The van der Waals surface area contributed by atoms with Gasteiger partial charge in [-0.25, -0.2) is 0 Å². The molecule has 3 rings (SSSR count). The van der Waals surface area contributed by atoms with Crippen molar-refractivity contribution in [1.29, 1.82) is 0 Å². The third-order valence-corrected chi connectivity index (χ3v) is 4.69. The number of hydrogen-bond acceptors (Lipinski definition) is 4. The molecule has 1 aromatic rings. The Labute approximate surface area is 142 Å². The Morgan fingerprint density at radius 3 is 2.83 bits per heavy atom. The Bertz CT molecular complexity index is 558. The van der Waals surface area contributed by atoms with Crippen LogP contribution < -0.4 is 0 Å². The second kappa shape index (κ2) is 8.24. The molecule has 0 bridgehead atoms. The summed E-state index contributed by atoms with van der Waals surface area (Å²) in [7, 11) is 0. The number of carbonyl (C=O) groups excluding carboxylic acids is 2. The molecule has 2 aliphatic heterocycles. The molecule has 6 heteroatoms. The van der Waals surface area contributed by atoms with Crippen molar-refractivity contribution >= 4 is 11.8 Å². The van der Waals surface area contributed by atoms with Gasteiger partial charge in [0.1, 0.15) is 0 Å². The highest BCUT2D eigenvalue weighted by molar-refractivity contribution is 5.80. The van der Waals surface area contributed by atoms with Crippen LogP contribution in [0.15, 0.2) is 24.5 Å². The number of rotatable bonds is 7. The first-order valence-corrected chi connectivity index (χ1v) is 8.78. The lowest BCUT2D eigenvalue weighted by Gasteiger charge is -2.26. The highest BCUT2D eigenvalue weighted by Crippen LogP contribution is 2.16. The Hall–Kier alpha value is -1.95. The summed E-state index contributed by atoms with van der Waals surface area (Å²) in [6.07, 6.45) is 7.58. The highest BCUT2D eigenvalue weighted by Gasteiger charge is 2.25. The number of amides is 2. The SMILES string of the molecule is O=C1CCCN1CCC(=O)N(Cc1ccncc1)CC1CCCO1. The van der Waals surface area contributed by atoms with Crippen LogP contribution in [0, 0.1) is 0 Å². The zero-order chi connectivity index (χ0) is 16.8. The number of hydrogen-bond donors (Lipinski definition) is 0. The standard InChI is InChI=1S/C18H25N3O3/c22-17-4-1-10-20(17)11-7-18(23)21(14-16-3-2-12-24-16)13-15-5-8-19-9-6-15/h5-6,8-9,16H,1-4,7,10-14H2. The first kappa shape index (κ1) is 16.9. The van der Waals surface area contributed by atoms with Gasteiger partial charge in [-0.1, -0.05) is 0 Å². The Balaban J connectivity index is 1.58. The van der Waals surface area contributed by atoms with Crippen LogP contribution in [0.4, 0.5) is 0 Å². The Morgan fingerprint density at radius 2 is 2.17 bits per heavy atom. The van der Waals surface area contributed by atoms with Crippen molar-refractivity contribution in [2.75, 3.05) is 26.2 Å². The van der Waals surface area contributed by atoms with Gasteiger partial charge in [-0.2, -0.15) is 0 Å². The van der Waals surface area contributed by atoms with Crippen molar-refractivity contribution in [2.45, 2.75) is 44.8 Å². The first-order valence-electron chi connectivity index (χ1n) is 8.78. The lowest BCUT2D eigenvalue weighted by molar-refractivity contribution is -0.134. The largest absolute Gasteiger partial charge is 0.376 e. The smallest absolute Gasteiger partial charge is 0.224 e. The molecule has 2 saturated heterocycles. The van der Waals surface area contributed by atoms with E-state index in [1.807, 2.05) is 17.0 Å². The summed E-state index contributed by atoms with van der Waals surface area (Å²) < 4.78 is 5.70. The molecule has 130 valence electrons. The van der Waals surface area contributed by atoms with Gasteiger partial charge in [0.25, 0.3) is 0 Å². The maximum atomic E-state index is 12.7. The van der Waals surface area contributed by atoms with Gasteiger partial charge in [-0.15, -0.1) is 0 Å². The minimum atomic E-state index is 0.0852. The average Bonchev–Trinajstić information content (AvgIpc) is 3.25. The molecular weight excluding hydrogens is 306 g/mol. The van der Waals surface area contributed by atoms with E-state index in [1.54, 1.807) is 17.3 Å². The van der Waals surface area contributed by atoms with Crippen molar-refractivity contribution in [3.05, 3.63) is 30.1 Å². The first-order chi connectivity index (χ1) is 11.7. The molecule has 0 aromatic carbocycles. The van der Waals surface area contributed by atoms with Crippen molar-refractivity contribution in [1.82, 2.24) is 14.8 Å². The summed E-state index contributed by atoms with van der Waals surface area (Å²) >= 11 is 0. The summed E-state index contributed by atoms with van der Waals surface area (Å²) in [5, 5.41) is 0. The Morgan fingerprint density at radius 1 is 1.33 bits per heavy atom. The van der Waals surface area contributed by atoms with E-state index >= 15 is 0 Å². The topological polar surface area (TPSA) is 62.7 Å². The highest BCUT2D eigenvalue weighted by atomic mass is 16.5. The average molecular weight is 331 g/mol. The van der Waals surface area contributed by atoms with Crippen molar-refractivity contribution < 1.29 is 14.3 Å². The van der Waals surface area contributed by atoms with Gasteiger partial charge in [-0.05, 0) is 37.0 Å². The van der Waals surface area contributed by atoms with Gasteiger partial charge in [0.2, 0.25) is 11.8 Å². The zero-order valence-corrected chi connectivity index (χ0v) is 14.0. The number of ether oxygens (including phenoxy) is 1. The number of likely N-dealkylation sites (tertiary alicyclic amines) is 1. The van der Waals surface area contributed by atoms with E-state index in [4.69, 9.17) is 4.74 Å². The fraction of sp³-hybridized carbons (Fsp3) is 0.611. The van der Waals surface area contributed by atoms with Gasteiger partial charge < -0.3 is 14.5 Å². The molecule has 0 aliphatic carbocycles. The van der Waals surface area contributed by atoms with E-state index in [2.05, 4.69) is 4.98 Å². The molecule has 0 saturated carbocycles. The molecule has 0 N–H and O–H groups in total. The molecular formula is C18H25N3O3. The number of aromatic nitrogens is 1. The fourth-order valence-electron chi connectivity index (χ4n) is 3.33. The van der Waals surface area contributed by atoms with Gasteiger partial charge >= 0.3 is 0 Å². The summed E-state index contributed by atoms with van der Waals surface area (Å²) in [6, 6.07) is 3.86. The molecule has 0 radical (unpaired) electrons. The van der Waals surface area contributed by atoms with Crippen LogP contribution in [0.1, 0.15) is 37.7 Å². The van der Waals surface area contributed by atoms with Crippen LogP contribution in [-0.2, 0) is 20.9 Å². The van der Waals surface area contributed by atoms with Crippen LogP contribution in [0.2, 0.25) is 0 Å². The van der Waals surface area contributed by atoms with Crippen LogP contribution in [0.25, 0.3) is 0 Å². The quantitative estimate of drug-likeness (QED) is 0.761. The van der Waals surface area contributed by atoms with E-state index in [1.165, 1.54) is 0 Å². The molecule has 1 unspecified atom stereocenters. The van der Waals surface area contributed by atoms with Crippen LogP contribution >= 0.6 is 0 Å². The molecule has 1 aromatic heterocycles. The van der Waals surface area contributed by atoms with Gasteiger partial charge in [0.15, 0.2) is 0 Å². The third-order valence-electron chi connectivity index (χ3n) is 4.69. The monoisotopic (exact) mass is 331 g/mol. The second-order valence-corrected chi connectivity index (χ2v) is 6.50. The van der Waals surface area contributed by atoms with Gasteiger partial charge in [0.05, 0.1) is 6.10 Å². The summed E-state index contributed by atoms with van der Waals surface area (Å²) in [6.45, 7) is 3.27. The number of nitrogens with zero attached hydrogens (tertiary/aromatic N) is 3. The van der Waals surface area contributed by atoms with Gasteiger partial charge in [0, 0.05) is 58.0 Å². The maximum absolute atomic E-state index is 12.7. The minimum absolute atomic E-state index is 0.0852. The Kier molecular flexibility index (Phi) is 5.80. The molecule has 2 amide bonds. The van der Waals surface area contributed by atoms with E-state index in [-0.39, 0.29) is 17.9 Å². The van der Waals surface area contributed by atoms with Crippen molar-refractivity contribution in [3.63, 3.8) is 0 Å². The second-order valence-electron chi connectivity index (χ2n) is 6.50. The van der Waals surface area contributed by atoms with Crippen LogP contribution in [0.3, 0.4) is 0 Å². The normalized spacial score (nSPS) is 20.6. The summed E-state index contributed by atoms with van der Waals surface area (Å²) in [5.41, 5.74) is 1.06. The van der Waals surface area contributed by atoms with Gasteiger partial charge in [-0.3, -0.25) is 14.6 Å². The summed E-state index contributed by atoms with van der Waals surface area (Å²) in [4.78, 5) is 32.1. The molecule has 3 heterocycles. The number of carbonyl (C=O) groups is 2. The fourth-order valence-corrected chi connectivity index (χ4v) is 3.33. The van der Waals surface area contributed by atoms with Crippen LogP contribution in [-0.4, -0.2) is 58.9 Å². The van der Waals surface area contributed by atoms with Crippen molar-refractivity contribution in [3.8, 4) is 0 Å². The molecule has 2 fully saturated rings. The molecule has 2 aliphatic rings. The molecule has 6 nitrogen and oxygen atoms in total. The third kappa shape index (κ3) is 4.54. The maximum Gasteiger partial charge on any atom is 0.224 e. The lowest BCUT2D eigenvalue weighted by Crippen LogP contribution is -2.39. The zero-order valence-electron chi connectivity index (χ0n) is 14.0. The predicted octanol–water partition coefficient (Wildman–Crippen LogP) is 1.60. The number of pyridine rings is 1. The summed E-state index contributed by atoms with van der Waals surface area (Å²) in [5.74, 6) is 0.254. The van der Waals surface area contributed by atoms with E-state index in [0.717, 1.165) is 38.0 Å². The molecule has 0 spiro atoms. The molecule has 1 atom stereocenters. The van der Waals surface area contributed by atoms with Crippen molar-refractivity contribution in [2.24, 2.45) is 0 Å². The lowest BCUT2D eigenvalue weighted by atomic mass is 10.2.